The molecule has 0 aromatic carbocycles. The molecule has 1 aliphatic heterocycles. The molecule has 1 aliphatic rings. The van der Waals surface area contributed by atoms with E-state index in [0.29, 0.717) is 13.1 Å². The van der Waals surface area contributed by atoms with Crippen molar-refractivity contribution in [2.24, 2.45) is 5.73 Å². The standard InChI is InChI=1S/C9H18N2O4S/c1-2-15-9(12)7-16(13,14)11-5-3-4-8(10)6-11/h8H,2-7,10H2,1H3/t8-/m1/s1. The monoisotopic (exact) mass is 250 g/mol. The first-order valence-corrected chi connectivity index (χ1v) is 6.95. The summed E-state index contributed by atoms with van der Waals surface area (Å²) in [5, 5.41) is 0. The molecule has 0 aliphatic carbocycles. The zero-order chi connectivity index (χ0) is 12.2. The lowest BCUT2D eigenvalue weighted by atomic mass is 10.1. The Morgan fingerprint density at radius 2 is 2.25 bits per heavy atom. The summed E-state index contributed by atoms with van der Waals surface area (Å²) in [5.74, 6) is -1.30. The van der Waals surface area contributed by atoms with E-state index >= 15 is 0 Å². The lowest BCUT2D eigenvalue weighted by molar-refractivity contribution is -0.140. The second kappa shape index (κ2) is 5.60. The van der Waals surface area contributed by atoms with E-state index in [-0.39, 0.29) is 12.6 Å². The van der Waals surface area contributed by atoms with Gasteiger partial charge in [0, 0.05) is 19.1 Å². The third-order valence-corrected chi connectivity index (χ3v) is 4.14. The largest absolute Gasteiger partial charge is 0.465 e. The number of sulfonamides is 1. The molecule has 0 bridgehead atoms. The molecule has 0 unspecified atom stereocenters. The molecule has 0 aromatic heterocycles. The number of carbonyl (C=O) groups is 1. The Morgan fingerprint density at radius 1 is 1.56 bits per heavy atom. The van der Waals surface area contributed by atoms with Gasteiger partial charge in [-0.15, -0.1) is 0 Å². The number of ether oxygens (including phenoxy) is 1. The minimum atomic E-state index is -3.56. The van der Waals surface area contributed by atoms with Crippen molar-refractivity contribution in [3.05, 3.63) is 0 Å². The Kier molecular flexibility index (Phi) is 4.69. The molecule has 16 heavy (non-hydrogen) atoms. The van der Waals surface area contributed by atoms with Crippen LogP contribution in [-0.2, 0) is 19.6 Å². The summed E-state index contributed by atoms with van der Waals surface area (Å²) in [7, 11) is -3.56. The molecule has 1 fully saturated rings. The predicted molar refractivity (Wildman–Crippen MR) is 59.2 cm³/mol. The van der Waals surface area contributed by atoms with E-state index in [4.69, 9.17) is 5.73 Å². The normalized spacial score (nSPS) is 23.0. The quantitative estimate of drug-likeness (QED) is 0.666. The zero-order valence-corrected chi connectivity index (χ0v) is 10.2. The Balaban J connectivity index is 2.59. The summed E-state index contributed by atoms with van der Waals surface area (Å²) in [4.78, 5) is 11.1. The number of esters is 1. The van der Waals surface area contributed by atoms with Gasteiger partial charge in [-0.2, -0.15) is 4.31 Å². The van der Waals surface area contributed by atoms with E-state index in [1.807, 2.05) is 0 Å². The van der Waals surface area contributed by atoms with E-state index < -0.39 is 21.7 Å². The van der Waals surface area contributed by atoms with Crippen molar-refractivity contribution in [1.82, 2.24) is 4.31 Å². The van der Waals surface area contributed by atoms with Gasteiger partial charge in [0.2, 0.25) is 10.0 Å². The molecule has 7 heteroatoms. The van der Waals surface area contributed by atoms with Crippen LogP contribution in [0.4, 0.5) is 0 Å². The molecular weight excluding hydrogens is 232 g/mol. The third kappa shape index (κ3) is 3.73. The first-order valence-electron chi connectivity index (χ1n) is 5.34. The van der Waals surface area contributed by atoms with Gasteiger partial charge in [-0.05, 0) is 19.8 Å². The van der Waals surface area contributed by atoms with Crippen molar-refractivity contribution in [3.8, 4) is 0 Å². The molecule has 0 saturated carbocycles. The average Bonchev–Trinajstić information content (AvgIpc) is 2.17. The van der Waals surface area contributed by atoms with Crippen LogP contribution in [0.25, 0.3) is 0 Å². The molecule has 0 aromatic rings. The van der Waals surface area contributed by atoms with Crippen molar-refractivity contribution >= 4 is 16.0 Å². The Hall–Kier alpha value is -0.660. The Labute approximate surface area is 95.8 Å². The molecule has 1 saturated heterocycles. The van der Waals surface area contributed by atoms with Gasteiger partial charge in [0.15, 0.2) is 5.75 Å². The fourth-order valence-corrected chi connectivity index (χ4v) is 3.06. The van der Waals surface area contributed by atoms with Crippen LogP contribution < -0.4 is 5.73 Å². The SMILES string of the molecule is CCOC(=O)CS(=O)(=O)N1CCC[C@@H](N)C1. The number of hydrogen-bond acceptors (Lipinski definition) is 5. The van der Waals surface area contributed by atoms with Gasteiger partial charge in [0.25, 0.3) is 0 Å². The van der Waals surface area contributed by atoms with E-state index in [0.717, 1.165) is 12.8 Å². The zero-order valence-electron chi connectivity index (χ0n) is 9.39. The number of nitrogens with zero attached hydrogens (tertiary/aromatic N) is 1. The van der Waals surface area contributed by atoms with Crippen LogP contribution in [0.15, 0.2) is 0 Å². The Morgan fingerprint density at radius 3 is 2.81 bits per heavy atom. The Bertz CT molecular complexity index is 341. The maximum absolute atomic E-state index is 11.8. The second-order valence-corrected chi connectivity index (χ2v) is 5.79. The minimum Gasteiger partial charge on any atom is -0.465 e. The van der Waals surface area contributed by atoms with Crippen molar-refractivity contribution in [2.45, 2.75) is 25.8 Å². The molecule has 0 radical (unpaired) electrons. The summed E-state index contributed by atoms with van der Waals surface area (Å²) in [6.45, 7) is 2.56. The van der Waals surface area contributed by atoms with E-state index in [1.165, 1.54) is 4.31 Å². The van der Waals surface area contributed by atoms with E-state index in [2.05, 4.69) is 4.74 Å². The lowest BCUT2D eigenvalue weighted by Crippen LogP contribution is -2.47. The summed E-state index contributed by atoms with van der Waals surface area (Å²) in [6, 6.07) is -0.134. The van der Waals surface area contributed by atoms with Crippen LogP contribution in [0.2, 0.25) is 0 Å². The highest BCUT2D eigenvalue weighted by molar-refractivity contribution is 7.89. The number of carbonyl (C=O) groups excluding carboxylic acids is 1. The minimum absolute atomic E-state index is 0.134. The van der Waals surface area contributed by atoms with Gasteiger partial charge < -0.3 is 10.5 Å². The van der Waals surface area contributed by atoms with Crippen LogP contribution >= 0.6 is 0 Å². The first kappa shape index (κ1) is 13.4. The molecule has 0 amide bonds. The molecule has 6 nitrogen and oxygen atoms in total. The molecule has 0 spiro atoms. The molecule has 1 rings (SSSR count). The van der Waals surface area contributed by atoms with Gasteiger partial charge >= 0.3 is 5.97 Å². The number of rotatable bonds is 4. The van der Waals surface area contributed by atoms with Crippen LogP contribution in [0.3, 0.4) is 0 Å². The summed E-state index contributed by atoms with van der Waals surface area (Å²) >= 11 is 0. The van der Waals surface area contributed by atoms with E-state index in [9.17, 15) is 13.2 Å². The highest BCUT2D eigenvalue weighted by Gasteiger charge is 2.29. The number of hydrogen-bond donors (Lipinski definition) is 1. The van der Waals surface area contributed by atoms with Crippen LogP contribution in [0, 0.1) is 0 Å². The van der Waals surface area contributed by atoms with Crippen LogP contribution in [0.5, 0.6) is 0 Å². The van der Waals surface area contributed by atoms with Gasteiger partial charge in [0.05, 0.1) is 6.61 Å². The van der Waals surface area contributed by atoms with Gasteiger partial charge in [-0.1, -0.05) is 0 Å². The highest BCUT2D eigenvalue weighted by atomic mass is 32.2. The molecular formula is C9H18N2O4S. The fraction of sp³-hybridized carbons (Fsp3) is 0.889. The molecule has 94 valence electrons. The summed E-state index contributed by atoms with van der Waals surface area (Å²) in [6.07, 6.45) is 1.56. The summed E-state index contributed by atoms with van der Waals surface area (Å²) < 4.78 is 29.5. The van der Waals surface area contributed by atoms with Crippen molar-refractivity contribution in [1.29, 1.82) is 0 Å². The van der Waals surface area contributed by atoms with Gasteiger partial charge in [0.1, 0.15) is 0 Å². The first-order chi connectivity index (χ1) is 7.45. The molecule has 1 atom stereocenters. The average molecular weight is 250 g/mol. The third-order valence-electron chi connectivity index (χ3n) is 2.42. The topological polar surface area (TPSA) is 89.7 Å². The maximum Gasteiger partial charge on any atom is 0.322 e. The number of piperidine rings is 1. The molecule has 2 N–H and O–H groups in total. The molecule has 1 heterocycles. The van der Waals surface area contributed by atoms with Crippen molar-refractivity contribution < 1.29 is 17.9 Å². The fourth-order valence-electron chi connectivity index (χ4n) is 1.67. The summed E-state index contributed by atoms with van der Waals surface area (Å²) in [5.41, 5.74) is 5.69. The highest BCUT2D eigenvalue weighted by Crippen LogP contribution is 2.13. The van der Waals surface area contributed by atoms with Gasteiger partial charge in [-0.25, -0.2) is 8.42 Å². The number of nitrogens with two attached hydrogens (primary N) is 1. The van der Waals surface area contributed by atoms with Crippen molar-refractivity contribution in [2.75, 3.05) is 25.4 Å². The smallest absolute Gasteiger partial charge is 0.322 e. The van der Waals surface area contributed by atoms with E-state index in [1.54, 1.807) is 6.92 Å². The van der Waals surface area contributed by atoms with Crippen LogP contribution in [0.1, 0.15) is 19.8 Å². The second-order valence-electron chi connectivity index (χ2n) is 3.82. The van der Waals surface area contributed by atoms with Crippen molar-refractivity contribution in [3.63, 3.8) is 0 Å². The maximum atomic E-state index is 11.8. The van der Waals surface area contributed by atoms with Gasteiger partial charge in [-0.3, -0.25) is 4.79 Å². The lowest BCUT2D eigenvalue weighted by Gasteiger charge is -2.29. The predicted octanol–water partition coefficient (Wildman–Crippen LogP) is -0.698. The van der Waals surface area contributed by atoms with Crippen LogP contribution in [-0.4, -0.2) is 50.2 Å².